The Kier molecular flexibility index (Phi) is 5.82. The van der Waals surface area contributed by atoms with Crippen molar-refractivity contribution >= 4 is 35.0 Å². The second kappa shape index (κ2) is 8.14. The first-order chi connectivity index (χ1) is 14.6. The molecule has 0 radical (unpaired) electrons. The number of carbonyl (C=O) groups is 2. The molecule has 0 bridgehead atoms. The molecule has 164 valence electrons. The summed E-state index contributed by atoms with van der Waals surface area (Å²) >= 11 is 12.9. The van der Waals surface area contributed by atoms with Crippen LogP contribution in [0.4, 0.5) is 0 Å². The molecule has 2 aromatic carbocycles. The minimum absolute atomic E-state index is 0.0642. The first kappa shape index (κ1) is 22.2. The zero-order chi connectivity index (χ0) is 22.5. The molecule has 0 unspecified atom stereocenters. The maximum Gasteiger partial charge on any atom is 0.253 e. The molecule has 0 spiro atoms. The van der Waals surface area contributed by atoms with Crippen LogP contribution in [0.1, 0.15) is 60.0 Å². The Bertz CT molecular complexity index is 1020. The van der Waals surface area contributed by atoms with Crippen molar-refractivity contribution in [1.29, 1.82) is 0 Å². The summed E-state index contributed by atoms with van der Waals surface area (Å²) in [5.74, 6) is 0.459. The minimum atomic E-state index is -0.409. The number of carbonyl (C=O) groups excluding carboxylic acids is 2. The molecule has 2 aliphatic rings. The standard InChI is InChI=1S/C25H28Cl2N2O2/c1-14-22-21(15-5-8-17(26)9-6-15)19(11-12-25(22,2)24(31)28-14)18-10-7-16(13-20(18)27)23(30)29(3)4/h5-10,13-14,19,21-22H,11-12H2,1-4H3,(H,28,31)/t14-,19+,21+,22+,25-/m1/s1. The lowest BCUT2D eigenvalue weighted by Crippen LogP contribution is -2.42. The summed E-state index contributed by atoms with van der Waals surface area (Å²) in [7, 11) is 3.46. The Morgan fingerprint density at radius 1 is 1.13 bits per heavy atom. The smallest absolute Gasteiger partial charge is 0.253 e. The van der Waals surface area contributed by atoms with Crippen LogP contribution < -0.4 is 5.32 Å². The highest BCUT2D eigenvalue weighted by molar-refractivity contribution is 6.32. The number of nitrogens with one attached hydrogen (secondary N) is 1. The molecular formula is C25H28Cl2N2O2. The van der Waals surface area contributed by atoms with Crippen LogP contribution >= 0.6 is 23.2 Å². The van der Waals surface area contributed by atoms with Gasteiger partial charge in [0.2, 0.25) is 5.91 Å². The lowest BCUT2D eigenvalue weighted by molar-refractivity contribution is -0.129. The summed E-state index contributed by atoms with van der Waals surface area (Å²) in [4.78, 5) is 26.8. The summed E-state index contributed by atoms with van der Waals surface area (Å²) < 4.78 is 0. The maximum absolute atomic E-state index is 12.9. The SMILES string of the molecule is C[C@H]1NC(=O)[C@]2(C)CC[C@@H](c3ccc(C(=O)N(C)C)cc3Cl)[C@H](c3ccc(Cl)cc3)[C@H]12. The third kappa shape index (κ3) is 3.74. The average Bonchev–Trinajstić information content (AvgIpc) is 2.96. The number of benzene rings is 2. The fraction of sp³-hybridized carbons (Fsp3) is 0.440. The van der Waals surface area contributed by atoms with Crippen molar-refractivity contribution in [2.45, 2.75) is 44.6 Å². The molecule has 5 atom stereocenters. The minimum Gasteiger partial charge on any atom is -0.353 e. The molecule has 1 aliphatic heterocycles. The topological polar surface area (TPSA) is 49.4 Å². The highest BCUT2D eigenvalue weighted by Gasteiger charge is 2.57. The molecule has 1 saturated heterocycles. The van der Waals surface area contributed by atoms with Crippen molar-refractivity contribution in [2.75, 3.05) is 14.1 Å². The van der Waals surface area contributed by atoms with Gasteiger partial charge in [-0.1, -0.05) is 48.3 Å². The molecule has 0 aromatic heterocycles. The van der Waals surface area contributed by atoms with E-state index in [0.717, 1.165) is 24.0 Å². The van der Waals surface area contributed by atoms with Crippen molar-refractivity contribution in [2.24, 2.45) is 11.3 Å². The normalized spacial score (nSPS) is 29.9. The van der Waals surface area contributed by atoms with E-state index in [-0.39, 0.29) is 35.6 Å². The van der Waals surface area contributed by atoms with Gasteiger partial charge in [-0.2, -0.15) is 0 Å². The van der Waals surface area contributed by atoms with Crippen LogP contribution in [-0.4, -0.2) is 36.9 Å². The summed E-state index contributed by atoms with van der Waals surface area (Å²) in [6.45, 7) is 4.19. The number of rotatable bonds is 3. The molecule has 1 heterocycles. The van der Waals surface area contributed by atoms with Crippen molar-refractivity contribution in [3.05, 3.63) is 69.2 Å². The Labute approximate surface area is 193 Å². The van der Waals surface area contributed by atoms with Gasteiger partial charge in [0, 0.05) is 41.7 Å². The van der Waals surface area contributed by atoms with Gasteiger partial charge in [0.25, 0.3) is 5.91 Å². The summed E-state index contributed by atoms with van der Waals surface area (Å²) in [6.07, 6.45) is 1.65. The van der Waals surface area contributed by atoms with Gasteiger partial charge in [-0.15, -0.1) is 0 Å². The van der Waals surface area contributed by atoms with Crippen molar-refractivity contribution < 1.29 is 9.59 Å². The number of fused-ring (bicyclic) bond motifs is 1. The third-order valence-electron chi connectivity index (χ3n) is 7.25. The van der Waals surface area contributed by atoms with Gasteiger partial charge >= 0.3 is 0 Å². The largest absolute Gasteiger partial charge is 0.353 e. The number of hydrogen-bond donors (Lipinski definition) is 1. The molecule has 2 amide bonds. The summed E-state index contributed by atoms with van der Waals surface area (Å²) in [5, 5.41) is 4.48. The van der Waals surface area contributed by atoms with Crippen LogP contribution in [0.5, 0.6) is 0 Å². The summed E-state index contributed by atoms with van der Waals surface area (Å²) in [6, 6.07) is 13.6. The van der Waals surface area contributed by atoms with Gasteiger partial charge in [0.15, 0.2) is 0 Å². The molecular weight excluding hydrogens is 431 g/mol. The van der Waals surface area contributed by atoms with Crippen LogP contribution in [0, 0.1) is 11.3 Å². The second-order valence-corrected chi connectivity index (χ2v) is 10.2. The Morgan fingerprint density at radius 2 is 1.81 bits per heavy atom. The Hall–Kier alpha value is -2.04. The number of amides is 2. The Balaban J connectivity index is 1.80. The molecule has 6 heteroatoms. The van der Waals surface area contributed by atoms with Crippen LogP contribution in [-0.2, 0) is 4.79 Å². The van der Waals surface area contributed by atoms with Gasteiger partial charge in [0.1, 0.15) is 0 Å². The molecule has 1 N–H and O–H groups in total. The van der Waals surface area contributed by atoms with Crippen molar-refractivity contribution in [3.63, 3.8) is 0 Å². The van der Waals surface area contributed by atoms with E-state index in [9.17, 15) is 9.59 Å². The Morgan fingerprint density at radius 3 is 2.42 bits per heavy atom. The first-order valence-electron chi connectivity index (χ1n) is 10.7. The maximum atomic E-state index is 12.9. The second-order valence-electron chi connectivity index (χ2n) is 9.36. The lowest BCUT2D eigenvalue weighted by Gasteiger charge is -2.46. The molecule has 2 aromatic rings. The zero-order valence-corrected chi connectivity index (χ0v) is 19.8. The van der Waals surface area contributed by atoms with Crippen LogP contribution in [0.25, 0.3) is 0 Å². The zero-order valence-electron chi connectivity index (χ0n) is 18.3. The van der Waals surface area contributed by atoms with E-state index in [1.165, 1.54) is 0 Å². The predicted octanol–water partition coefficient (Wildman–Crippen LogP) is 5.50. The van der Waals surface area contributed by atoms with E-state index in [2.05, 4.69) is 31.3 Å². The van der Waals surface area contributed by atoms with Crippen molar-refractivity contribution in [1.82, 2.24) is 10.2 Å². The molecule has 4 nitrogen and oxygen atoms in total. The van der Waals surface area contributed by atoms with Gasteiger partial charge < -0.3 is 10.2 Å². The monoisotopic (exact) mass is 458 g/mol. The number of halogens is 2. The van der Waals surface area contributed by atoms with Gasteiger partial charge in [-0.25, -0.2) is 0 Å². The number of nitrogens with zero attached hydrogens (tertiary/aromatic N) is 1. The highest BCUT2D eigenvalue weighted by Crippen LogP contribution is 2.59. The molecule has 4 rings (SSSR count). The average molecular weight is 459 g/mol. The fourth-order valence-corrected chi connectivity index (χ4v) is 6.18. The van der Waals surface area contributed by atoms with Crippen LogP contribution in [0.3, 0.4) is 0 Å². The summed E-state index contributed by atoms with van der Waals surface area (Å²) in [5.41, 5.74) is 2.37. The quantitative estimate of drug-likeness (QED) is 0.659. The van der Waals surface area contributed by atoms with Gasteiger partial charge in [-0.05, 0) is 67.0 Å². The molecule has 31 heavy (non-hydrogen) atoms. The van der Waals surface area contributed by atoms with Crippen molar-refractivity contribution in [3.8, 4) is 0 Å². The number of hydrogen-bond acceptors (Lipinski definition) is 2. The van der Waals surface area contributed by atoms with E-state index in [4.69, 9.17) is 23.2 Å². The molecule has 1 aliphatic carbocycles. The van der Waals surface area contributed by atoms with Crippen LogP contribution in [0.15, 0.2) is 42.5 Å². The highest BCUT2D eigenvalue weighted by atomic mass is 35.5. The van der Waals surface area contributed by atoms with E-state index in [1.807, 2.05) is 24.3 Å². The molecule has 2 fully saturated rings. The van der Waals surface area contributed by atoms with Gasteiger partial charge in [-0.3, -0.25) is 9.59 Å². The van der Waals surface area contributed by atoms with Crippen LogP contribution in [0.2, 0.25) is 10.0 Å². The third-order valence-corrected chi connectivity index (χ3v) is 7.83. The lowest BCUT2D eigenvalue weighted by atomic mass is 9.56. The van der Waals surface area contributed by atoms with Gasteiger partial charge in [0.05, 0.1) is 5.41 Å². The predicted molar refractivity (Wildman–Crippen MR) is 125 cm³/mol. The molecule has 1 saturated carbocycles. The van der Waals surface area contributed by atoms with E-state index < -0.39 is 5.41 Å². The van der Waals surface area contributed by atoms with E-state index in [0.29, 0.717) is 15.6 Å². The fourth-order valence-electron chi connectivity index (χ4n) is 5.73. The van der Waals surface area contributed by atoms with E-state index >= 15 is 0 Å². The van der Waals surface area contributed by atoms with E-state index in [1.54, 1.807) is 25.1 Å². The first-order valence-corrected chi connectivity index (χ1v) is 11.5.